The van der Waals surface area contributed by atoms with Crippen molar-refractivity contribution in [2.45, 2.75) is 0 Å². The predicted octanol–water partition coefficient (Wildman–Crippen LogP) is -0.00170. The summed E-state index contributed by atoms with van der Waals surface area (Å²) in [5.74, 6) is 2.16. The third kappa shape index (κ3) is 6.44. The molecule has 142 valence electrons. The average Bonchev–Trinajstić information content (AvgIpc) is 2.68. The molecule has 2 aromatic carbocycles. The Kier molecular flexibility index (Phi) is 10.3. The molecule has 0 spiro atoms. The van der Waals surface area contributed by atoms with E-state index in [9.17, 15) is 4.79 Å². The van der Waals surface area contributed by atoms with Gasteiger partial charge in [-0.05, 0) is 26.0 Å². The molecule has 0 aromatic heterocycles. The molecule has 0 amide bonds. The van der Waals surface area contributed by atoms with Gasteiger partial charge in [0, 0.05) is 19.2 Å². The number of carbonyl (C=O) groups excluding carboxylic acids is 1. The van der Waals surface area contributed by atoms with Crippen LogP contribution < -0.4 is 43.1 Å². The molecule has 2 aromatic rings. The number of ether oxygens (including phenoxy) is 5. The maximum atomic E-state index is 12.8. The van der Waals surface area contributed by atoms with Crippen LogP contribution in [0.4, 0.5) is 0 Å². The molecular formula is C19H24LiO6P. The van der Waals surface area contributed by atoms with Crippen molar-refractivity contribution in [3.63, 3.8) is 0 Å². The van der Waals surface area contributed by atoms with Crippen LogP contribution in [0.25, 0.3) is 0 Å². The van der Waals surface area contributed by atoms with Crippen molar-refractivity contribution < 1.29 is 48.8 Å². The summed E-state index contributed by atoms with van der Waals surface area (Å²) in [4.78, 5) is 12.8. The molecule has 1 unspecified atom stereocenters. The molecule has 0 fully saturated rings. The number of carbonyl (C=O) groups is 1. The van der Waals surface area contributed by atoms with Gasteiger partial charge in [0.1, 0.15) is 35.2 Å². The fourth-order valence-electron chi connectivity index (χ4n) is 2.30. The van der Waals surface area contributed by atoms with E-state index in [4.69, 9.17) is 23.7 Å². The minimum atomic E-state index is -0.0746. The smallest absolute Gasteiger partial charge is 1.00 e. The second kappa shape index (κ2) is 11.9. The number of hydrogen-bond acceptors (Lipinski definition) is 6. The van der Waals surface area contributed by atoms with E-state index >= 15 is 0 Å². The normalized spacial score (nSPS) is 10.4. The van der Waals surface area contributed by atoms with Gasteiger partial charge in [0.05, 0.1) is 27.9 Å². The van der Waals surface area contributed by atoms with Crippen LogP contribution >= 0.6 is 8.58 Å². The number of rotatable bonds is 10. The third-order valence-corrected chi connectivity index (χ3v) is 4.71. The fraction of sp³-hybridized carbons (Fsp3) is 0.316. The van der Waals surface area contributed by atoms with E-state index < -0.39 is 0 Å². The van der Waals surface area contributed by atoms with Gasteiger partial charge in [-0.1, -0.05) is 12.1 Å². The zero-order valence-electron chi connectivity index (χ0n) is 17.3. The van der Waals surface area contributed by atoms with E-state index in [0.717, 1.165) is 11.1 Å². The first kappa shape index (κ1) is 23.3. The monoisotopic (exact) mass is 386 g/mol. The maximum Gasteiger partial charge on any atom is 1.00 e. The van der Waals surface area contributed by atoms with E-state index in [0.29, 0.717) is 36.0 Å². The van der Waals surface area contributed by atoms with E-state index in [1.165, 1.54) is 14.2 Å². The van der Waals surface area contributed by atoms with Crippen molar-refractivity contribution in [2.24, 2.45) is 0 Å². The van der Waals surface area contributed by atoms with Gasteiger partial charge < -0.3 is 25.1 Å². The summed E-state index contributed by atoms with van der Waals surface area (Å²) in [6.07, 6.45) is 0. The molecule has 0 heterocycles. The van der Waals surface area contributed by atoms with Crippen LogP contribution in [0, 0.1) is 0 Å². The zero-order chi connectivity index (χ0) is 18.9. The van der Waals surface area contributed by atoms with Gasteiger partial charge in [-0.3, -0.25) is 4.79 Å². The Hall–Kier alpha value is -1.70. The molecule has 2 rings (SSSR count). The van der Waals surface area contributed by atoms with Gasteiger partial charge in [0.25, 0.3) is 0 Å². The second-order valence-corrected chi connectivity index (χ2v) is 6.51. The number of benzene rings is 2. The Labute approximate surface area is 174 Å². The Bertz CT molecular complexity index is 717. The van der Waals surface area contributed by atoms with Crippen LogP contribution in [0.15, 0.2) is 36.4 Å². The first-order valence-electron chi connectivity index (χ1n) is 7.96. The van der Waals surface area contributed by atoms with E-state index in [1.54, 1.807) is 26.4 Å². The van der Waals surface area contributed by atoms with E-state index in [-0.39, 0.29) is 34.4 Å². The van der Waals surface area contributed by atoms with Crippen LogP contribution in [0.2, 0.25) is 0 Å². The SMILES string of the molecule is COCCOc1ccc(PC(=O)c2c(OC)cc(OC)cc2OC)cc1.[H-].[Li+]. The molecule has 0 radical (unpaired) electrons. The van der Waals surface area contributed by atoms with Gasteiger partial charge in [-0.2, -0.15) is 0 Å². The molecule has 0 aliphatic carbocycles. The minimum Gasteiger partial charge on any atom is -1.00 e. The molecular weight excluding hydrogens is 362 g/mol. The summed E-state index contributed by atoms with van der Waals surface area (Å²) in [7, 11) is 6.13. The minimum absolute atomic E-state index is 0. The average molecular weight is 386 g/mol. The Balaban J connectivity index is 0.00000364. The molecule has 1 atom stereocenters. The molecule has 0 bridgehead atoms. The van der Waals surface area contributed by atoms with E-state index in [1.807, 2.05) is 24.3 Å². The predicted molar refractivity (Wildman–Crippen MR) is 103 cm³/mol. The fourth-order valence-corrected chi connectivity index (χ4v) is 3.27. The topological polar surface area (TPSA) is 63.2 Å². The van der Waals surface area contributed by atoms with E-state index in [2.05, 4.69) is 0 Å². The largest absolute Gasteiger partial charge is 1.00 e. The van der Waals surface area contributed by atoms with Gasteiger partial charge >= 0.3 is 18.9 Å². The molecule has 6 nitrogen and oxygen atoms in total. The summed E-state index contributed by atoms with van der Waals surface area (Å²) in [6, 6.07) is 10.8. The summed E-state index contributed by atoms with van der Waals surface area (Å²) in [5.41, 5.74) is 0.337. The van der Waals surface area contributed by atoms with Crippen molar-refractivity contribution in [1.82, 2.24) is 0 Å². The summed E-state index contributed by atoms with van der Waals surface area (Å²) < 4.78 is 26.4. The first-order valence-corrected chi connectivity index (χ1v) is 8.96. The van der Waals surface area contributed by atoms with Gasteiger partial charge in [0.2, 0.25) is 0 Å². The van der Waals surface area contributed by atoms with Crippen molar-refractivity contribution in [2.75, 3.05) is 41.7 Å². The van der Waals surface area contributed by atoms with Crippen LogP contribution in [0.5, 0.6) is 23.0 Å². The van der Waals surface area contributed by atoms with Gasteiger partial charge in [-0.15, -0.1) is 0 Å². The third-order valence-electron chi connectivity index (χ3n) is 3.61. The van der Waals surface area contributed by atoms with Crippen LogP contribution in [-0.4, -0.2) is 47.2 Å². The Morgan fingerprint density at radius 1 is 0.889 bits per heavy atom. The summed E-state index contributed by atoms with van der Waals surface area (Å²) >= 11 is 0. The number of hydrogen-bond donors (Lipinski definition) is 0. The zero-order valence-corrected chi connectivity index (χ0v) is 17.3. The Morgan fingerprint density at radius 3 is 1.96 bits per heavy atom. The van der Waals surface area contributed by atoms with Crippen LogP contribution in [-0.2, 0) is 4.74 Å². The molecule has 0 saturated heterocycles. The number of methoxy groups -OCH3 is 4. The standard InChI is InChI=1S/C19H23O6P.Li.H/c1-21-9-10-25-13-5-7-15(8-6-13)26-19(20)18-16(23-3)11-14(22-2)12-17(18)24-4;;/h5-8,11-12,26H,9-10H2,1-4H3;;/q;+1;-1. The molecule has 8 heteroatoms. The Morgan fingerprint density at radius 2 is 1.48 bits per heavy atom. The van der Waals surface area contributed by atoms with Crippen molar-refractivity contribution >= 4 is 19.4 Å². The van der Waals surface area contributed by atoms with Crippen molar-refractivity contribution in [3.05, 3.63) is 42.0 Å². The molecule has 0 N–H and O–H groups in total. The first-order chi connectivity index (χ1) is 12.6. The second-order valence-electron chi connectivity index (χ2n) is 5.23. The molecule has 0 aliphatic heterocycles. The van der Waals surface area contributed by atoms with Crippen molar-refractivity contribution in [3.8, 4) is 23.0 Å². The summed E-state index contributed by atoms with van der Waals surface area (Å²) in [6.45, 7) is 1.01. The molecule has 0 aliphatic rings. The molecule has 27 heavy (non-hydrogen) atoms. The van der Waals surface area contributed by atoms with Gasteiger partial charge in [0.15, 0.2) is 5.52 Å². The van der Waals surface area contributed by atoms with Crippen molar-refractivity contribution in [1.29, 1.82) is 0 Å². The van der Waals surface area contributed by atoms with Crippen LogP contribution in [0.3, 0.4) is 0 Å². The summed E-state index contributed by atoms with van der Waals surface area (Å²) in [5, 5.41) is 0.897. The maximum absolute atomic E-state index is 12.8. The molecule has 0 saturated carbocycles. The van der Waals surface area contributed by atoms with Crippen LogP contribution in [0.1, 0.15) is 11.8 Å². The quantitative estimate of drug-likeness (QED) is 0.326. The van der Waals surface area contributed by atoms with Gasteiger partial charge in [-0.25, -0.2) is 0 Å².